The van der Waals surface area contributed by atoms with Crippen molar-refractivity contribution in [1.82, 2.24) is 14.9 Å². The van der Waals surface area contributed by atoms with Crippen LogP contribution < -0.4 is 0 Å². The summed E-state index contributed by atoms with van der Waals surface area (Å²) in [5, 5.41) is 1.09. The lowest BCUT2D eigenvalue weighted by Gasteiger charge is -2.23. The first-order valence-corrected chi connectivity index (χ1v) is 9.52. The quantitative estimate of drug-likeness (QED) is 0.533. The molecule has 0 aliphatic carbocycles. The molecule has 0 unspecified atom stereocenters. The van der Waals surface area contributed by atoms with E-state index in [0.717, 1.165) is 28.5 Å². The predicted octanol–water partition coefficient (Wildman–Crippen LogP) is 4.76. The lowest BCUT2D eigenvalue weighted by atomic mass is 10.1. The Morgan fingerprint density at radius 1 is 0.964 bits per heavy atom. The Morgan fingerprint density at radius 2 is 1.71 bits per heavy atom. The van der Waals surface area contributed by atoms with Gasteiger partial charge in [-0.2, -0.15) is 0 Å². The molecule has 0 bridgehead atoms. The van der Waals surface area contributed by atoms with Crippen LogP contribution >= 0.6 is 0 Å². The minimum absolute atomic E-state index is 0.0217. The first-order valence-electron chi connectivity index (χ1n) is 9.52. The number of H-pyrrole nitrogens is 1. The minimum Gasteiger partial charge on any atom is -0.350 e. The summed E-state index contributed by atoms with van der Waals surface area (Å²) in [6, 6.07) is 22.2. The Hall–Kier alpha value is -3.40. The Kier molecular flexibility index (Phi) is 5.20. The third-order valence-corrected chi connectivity index (χ3v) is 5.08. The summed E-state index contributed by atoms with van der Waals surface area (Å²) in [4.78, 5) is 22.9. The Balaban J connectivity index is 1.62. The average Bonchev–Trinajstić information content (AvgIpc) is 3.09. The van der Waals surface area contributed by atoms with E-state index in [4.69, 9.17) is 0 Å². The molecule has 2 heterocycles. The van der Waals surface area contributed by atoms with Gasteiger partial charge in [-0.1, -0.05) is 54.6 Å². The molecular formula is C24H23N3O. The van der Waals surface area contributed by atoms with Gasteiger partial charge >= 0.3 is 0 Å². The van der Waals surface area contributed by atoms with Crippen molar-refractivity contribution in [3.05, 3.63) is 102 Å². The molecular weight excluding hydrogens is 346 g/mol. The smallest absolute Gasteiger partial charge is 0.270 e. The maximum atomic E-state index is 13.4. The Labute approximate surface area is 164 Å². The molecule has 0 aliphatic heterocycles. The monoisotopic (exact) mass is 369 g/mol. The van der Waals surface area contributed by atoms with Crippen LogP contribution in [0.15, 0.2) is 79.1 Å². The number of hydrogen-bond acceptors (Lipinski definition) is 2. The third-order valence-electron chi connectivity index (χ3n) is 5.08. The molecule has 0 atom stereocenters. The van der Waals surface area contributed by atoms with Crippen LogP contribution in [0.3, 0.4) is 0 Å². The van der Waals surface area contributed by atoms with E-state index in [9.17, 15) is 4.79 Å². The van der Waals surface area contributed by atoms with Crippen LogP contribution in [0.25, 0.3) is 10.9 Å². The number of pyridine rings is 1. The summed E-state index contributed by atoms with van der Waals surface area (Å²) >= 11 is 0. The van der Waals surface area contributed by atoms with Crippen LogP contribution in [0, 0.1) is 6.92 Å². The predicted molar refractivity (Wildman–Crippen MR) is 112 cm³/mol. The van der Waals surface area contributed by atoms with Gasteiger partial charge < -0.3 is 9.88 Å². The molecule has 4 rings (SSSR count). The first kappa shape index (κ1) is 18.0. The second-order valence-electron chi connectivity index (χ2n) is 6.99. The lowest BCUT2D eigenvalue weighted by Crippen LogP contribution is -2.33. The molecule has 2 aromatic carbocycles. The zero-order chi connectivity index (χ0) is 19.3. The van der Waals surface area contributed by atoms with E-state index in [1.807, 2.05) is 72.6 Å². The van der Waals surface area contributed by atoms with Crippen LogP contribution in [-0.2, 0) is 13.0 Å². The standard InChI is InChI=1S/C24H23N3O/c1-18-21-11-5-6-12-22(21)26-23(18)24(28)27(17-20-10-7-14-25-16-20)15-13-19-8-3-2-4-9-19/h2-12,14,16,26H,13,15,17H2,1H3. The molecule has 4 aromatic rings. The largest absolute Gasteiger partial charge is 0.350 e. The van der Waals surface area contributed by atoms with Gasteiger partial charge in [0.05, 0.1) is 0 Å². The Morgan fingerprint density at radius 3 is 2.46 bits per heavy atom. The van der Waals surface area contributed by atoms with Crippen molar-refractivity contribution in [1.29, 1.82) is 0 Å². The second kappa shape index (κ2) is 8.09. The van der Waals surface area contributed by atoms with Crippen molar-refractivity contribution >= 4 is 16.8 Å². The van der Waals surface area contributed by atoms with Gasteiger partial charge in [0.25, 0.3) is 5.91 Å². The van der Waals surface area contributed by atoms with E-state index in [2.05, 4.69) is 22.1 Å². The molecule has 2 aromatic heterocycles. The number of benzene rings is 2. The van der Waals surface area contributed by atoms with Crippen molar-refractivity contribution in [2.75, 3.05) is 6.54 Å². The maximum Gasteiger partial charge on any atom is 0.270 e. The fourth-order valence-electron chi connectivity index (χ4n) is 3.53. The highest BCUT2D eigenvalue weighted by molar-refractivity contribution is 6.00. The van der Waals surface area contributed by atoms with Crippen LogP contribution in [0.5, 0.6) is 0 Å². The van der Waals surface area contributed by atoms with E-state index in [1.165, 1.54) is 5.56 Å². The molecule has 0 radical (unpaired) electrons. The van der Waals surface area contributed by atoms with Crippen LogP contribution in [0.2, 0.25) is 0 Å². The van der Waals surface area contributed by atoms with Gasteiger partial charge in [-0.3, -0.25) is 9.78 Å². The van der Waals surface area contributed by atoms with Crippen molar-refractivity contribution in [2.45, 2.75) is 19.9 Å². The summed E-state index contributed by atoms with van der Waals surface area (Å²) in [5.41, 5.74) is 4.90. The van der Waals surface area contributed by atoms with E-state index in [1.54, 1.807) is 6.20 Å². The summed E-state index contributed by atoms with van der Waals surface area (Å²) < 4.78 is 0. The molecule has 1 amide bonds. The number of fused-ring (bicyclic) bond motifs is 1. The van der Waals surface area contributed by atoms with Crippen molar-refractivity contribution in [2.24, 2.45) is 0 Å². The number of carbonyl (C=O) groups is 1. The number of nitrogens with one attached hydrogen (secondary N) is 1. The van der Waals surface area contributed by atoms with Gasteiger partial charge in [0.2, 0.25) is 0 Å². The molecule has 28 heavy (non-hydrogen) atoms. The van der Waals surface area contributed by atoms with Crippen LogP contribution in [-0.4, -0.2) is 27.3 Å². The SMILES string of the molecule is Cc1c(C(=O)N(CCc2ccccc2)Cc2cccnc2)[nH]c2ccccc12. The van der Waals surface area contributed by atoms with E-state index in [-0.39, 0.29) is 5.91 Å². The molecule has 0 fully saturated rings. The lowest BCUT2D eigenvalue weighted by molar-refractivity contribution is 0.0739. The van der Waals surface area contributed by atoms with Gasteiger partial charge in [0.1, 0.15) is 5.69 Å². The second-order valence-corrected chi connectivity index (χ2v) is 6.99. The number of rotatable bonds is 6. The normalized spacial score (nSPS) is 10.9. The number of carbonyl (C=O) groups excluding carboxylic acids is 1. The van der Waals surface area contributed by atoms with Gasteiger partial charge in [-0.15, -0.1) is 0 Å². The number of para-hydroxylation sites is 1. The highest BCUT2D eigenvalue weighted by Gasteiger charge is 2.21. The summed E-state index contributed by atoms with van der Waals surface area (Å²) in [5.74, 6) is 0.0217. The number of amides is 1. The first-order chi connectivity index (χ1) is 13.7. The fraction of sp³-hybridized carbons (Fsp3) is 0.167. The number of aromatic nitrogens is 2. The Bertz CT molecular complexity index is 1070. The van der Waals surface area contributed by atoms with E-state index < -0.39 is 0 Å². The topological polar surface area (TPSA) is 49.0 Å². The van der Waals surface area contributed by atoms with Crippen LogP contribution in [0.4, 0.5) is 0 Å². The summed E-state index contributed by atoms with van der Waals surface area (Å²) in [6.45, 7) is 3.19. The average molecular weight is 369 g/mol. The van der Waals surface area contributed by atoms with E-state index in [0.29, 0.717) is 18.8 Å². The molecule has 4 nitrogen and oxygen atoms in total. The molecule has 140 valence electrons. The molecule has 4 heteroatoms. The van der Waals surface area contributed by atoms with Gasteiger partial charge in [-0.05, 0) is 42.2 Å². The summed E-state index contributed by atoms with van der Waals surface area (Å²) in [6.07, 6.45) is 4.38. The molecule has 1 N–H and O–H groups in total. The number of nitrogens with zero attached hydrogens (tertiary/aromatic N) is 2. The molecule has 0 spiro atoms. The van der Waals surface area contributed by atoms with Crippen molar-refractivity contribution in [3.63, 3.8) is 0 Å². The van der Waals surface area contributed by atoms with E-state index >= 15 is 0 Å². The van der Waals surface area contributed by atoms with Crippen LogP contribution in [0.1, 0.15) is 27.2 Å². The number of aryl methyl sites for hydroxylation is 1. The van der Waals surface area contributed by atoms with Crippen molar-refractivity contribution in [3.8, 4) is 0 Å². The number of aromatic amines is 1. The molecule has 0 aliphatic rings. The van der Waals surface area contributed by atoms with Gasteiger partial charge in [0.15, 0.2) is 0 Å². The molecule has 0 saturated heterocycles. The highest BCUT2D eigenvalue weighted by Crippen LogP contribution is 2.23. The minimum atomic E-state index is 0.0217. The van der Waals surface area contributed by atoms with Crippen molar-refractivity contribution < 1.29 is 4.79 Å². The maximum absolute atomic E-state index is 13.4. The zero-order valence-electron chi connectivity index (χ0n) is 15.9. The third kappa shape index (κ3) is 3.81. The van der Waals surface area contributed by atoms with Gasteiger partial charge in [0, 0.05) is 36.4 Å². The summed E-state index contributed by atoms with van der Waals surface area (Å²) in [7, 11) is 0. The zero-order valence-corrected chi connectivity index (χ0v) is 15.9. The highest BCUT2D eigenvalue weighted by atomic mass is 16.2. The van der Waals surface area contributed by atoms with Gasteiger partial charge in [-0.25, -0.2) is 0 Å². The fourth-order valence-corrected chi connectivity index (χ4v) is 3.53. The number of hydrogen-bond donors (Lipinski definition) is 1. The molecule has 0 saturated carbocycles.